The number of carbonyl (C=O) groups is 1. The van der Waals surface area contributed by atoms with Gasteiger partial charge in [-0.05, 0) is 25.5 Å². The van der Waals surface area contributed by atoms with Crippen molar-refractivity contribution in [3.8, 4) is 10.4 Å². The zero-order valence-electron chi connectivity index (χ0n) is 9.94. The second-order valence-corrected chi connectivity index (χ2v) is 5.26. The van der Waals surface area contributed by atoms with Crippen LogP contribution in [0.15, 0.2) is 36.4 Å². The van der Waals surface area contributed by atoms with Gasteiger partial charge in [-0.1, -0.05) is 30.3 Å². The first kappa shape index (κ1) is 11.9. The van der Waals surface area contributed by atoms with E-state index in [0.717, 1.165) is 27.3 Å². The van der Waals surface area contributed by atoms with E-state index >= 15 is 0 Å². The van der Waals surface area contributed by atoms with E-state index in [-0.39, 0.29) is 0 Å². The average Bonchev–Trinajstić information content (AvgIpc) is 2.72. The van der Waals surface area contributed by atoms with Crippen LogP contribution >= 0.6 is 11.3 Å². The molecular weight excluding hydrogens is 230 g/mol. The fourth-order valence-corrected chi connectivity index (χ4v) is 2.60. The number of thiophene rings is 1. The Kier molecular flexibility index (Phi) is 3.59. The maximum atomic E-state index is 11.0. The van der Waals surface area contributed by atoms with Crippen molar-refractivity contribution in [1.29, 1.82) is 0 Å². The number of rotatable bonds is 4. The van der Waals surface area contributed by atoms with Crippen molar-refractivity contribution in [3.05, 3.63) is 41.3 Å². The number of carbonyl (C=O) groups excluding carboxylic acids is 1. The summed E-state index contributed by atoms with van der Waals surface area (Å²) in [5.41, 5.74) is 2.08. The highest BCUT2D eigenvalue weighted by atomic mass is 32.1. The van der Waals surface area contributed by atoms with Gasteiger partial charge in [-0.25, -0.2) is 0 Å². The third kappa shape index (κ3) is 2.74. The van der Waals surface area contributed by atoms with Crippen molar-refractivity contribution in [2.24, 2.45) is 0 Å². The van der Waals surface area contributed by atoms with E-state index in [9.17, 15) is 4.79 Å². The van der Waals surface area contributed by atoms with E-state index in [1.165, 1.54) is 11.3 Å². The van der Waals surface area contributed by atoms with E-state index in [2.05, 4.69) is 31.3 Å². The van der Waals surface area contributed by atoms with Crippen LogP contribution in [0.5, 0.6) is 0 Å². The molecule has 0 atom stereocenters. The number of hydrogen-bond donors (Lipinski definition) is 1. The van der Waals surface area contributed by atoms with Crippen molar-refractivity contribution in [3.63, 3.8) is 0 Å². The normalized spacial score (nSPS) is 10.5. The smallest absolute Gasteiger partial charge is 0.162 e. The van der Waals surface area contributed by atoms with Crippen molar-refractivity contribution in [2.45, 2.75) is 19.9 Å². The van der Waals surface area contributed by atoms with Crippen molar-refractivity contribution < 1.29 is 4.79 Å². The SMILES string of the molecule is CC(C)Nc1cc(-c2ccccc2)sc1C=O. The van der Waals surface area contributed by atoms with Gasteiger partial charge in [0.05, 0.1) is 10.6 Å². The average molecular weight is 245 g/mol. The van der Waals surface area contributed by atoms with Crippen LogP contribution in [0.3, 0.4) is 0 Å². The molecule has 0 saturated heterocycles. The Labute approximate surface area is 105 Å². The lowest BCUT2D eigenvalue weighted by atomic mass is 10.2. The summed E-state index contributed by atoms with van der Waals surface area (Å²) in [6.07, 6.45) is 0.918. The van der Waals surface area contributed by atoms with E-state index < -0.39 is 0 Å². The summed E-state index contributed by atoms with van der Waals surface area (Å²) in [5, 5.41) is 3.29. The van der Waals surface area contributed by atoms with E-state index in [0.29, 0.717) is 6.04 Å². The topological polar surface area (TPSA) is 29.1 Å². The van der Waals surface area contributed by atoms with Crippen LogP contribution in [-0.4, -0.2) is 12.3 Å². The monoisotopic (exact) mass is 245 g/mol. The van der Waals surface area contributed by atoms with Gasteiger partial charge in [-0.15, -0.1) is 11.3 Å². The number of nitrogens with one attached hydrogen (secondary N) is 1. The number of anilines is 1. The quantitative estimate of drug-likeness (QED) is 0.823. The Hall–Kier alpha value is -1.61. The highest BCUT2D eigenvalue weighted by Crippen LogP contribution is 2.33. The van der Waals surface area contributed by atoms with Crippen molar-refractivity contribution >= 4 is 23.3 Å². The molecule has 0 unspecified atom stereocenters. The van der Waals surface area contributed by atoms with Crippen LogP contribution in [0, 0.1) is 0 Å². The van der Waals surface area contributed by atoms with Gasteiger partial charge in [-0.2, -0.15) is 0 Å². The van der Waals surface area contributed by atoms with E-state index in [1.54, 1.807) is 0 Å². The fraction of sp³-hybridized carbons (Fsp3) is 0.214. The summed E-state index contributed by atoms with van der Waals surface area (Å²) in [5.74, 6) is 0. The maximum absolute atomic E-state index is 11.0. The van der Waals surface area contributed by atoms with Gasteiger partial charge < -0.3 is 5.32 Å². The number of aldehydes is 1. The number of hydrogen-bond acceptors (Lipinski definition) is 3. The first-order chi connectivity index (χ1) is 8.20. The third-order valence-corrected chi connectivity index (χ3v) is 3.48. The minimum absolute atomic E-state index is 0.326. The predicted molar refractivity (Wildman–Crippen MR) is 73.9 cm³/mol. The van der Waals surface area contributed by atoms with Gasteiger partial charge in [-0.3, -0.25) is 4.79 Å². The molecule has 0 aliphatic carbocycles. The summed E-state index contributed by atoms with van der Waals surface area (Å²) in [7, 11) is 0. The highest BCUT2D eigenvalue weighted by molar-refractivity contribution is 7.17. The zero-order valence-corrected chi connectivity index (χ0v) is 10.8. The molecule has 0 amide bonds. The number of benzene rings is 1. The molecule has 1 N–H and O–H groups in total. The Morgan fingerprint density at radius 1 is 1.24 bits per heavy atom. The second kappa shape index (κ2) is 5.15. The van der Waals surface area contributed by atoms with Crippen LogP contribution in [-0.2, 0) is 0 Å². The second-order valence-electron chi connectivity index (χ2n) is 4.17. The van der Waals surface area contributed by atoms with Crippen LogP contribution in [0.1, 0.15) is 23.5 Å². The molecule has 0 saturated carbocycles. The van der Waals surface area contributed by atoms with E-state index in [4.69, 9.17) is 0 Å². The van der Waals surface area contributed by atoms with Gasteiger partial charge in [0.2, 0.25) is 0 Å². The summed E-state index contributed by atoms with van der Waals surface area (Å²) >= 11 is 1.52. The molecule has 1 aromatic heterocycles. The molecule has 0 radical (unpaired) electrons. The lowest BCUT2D eigenvalue weighted by molar-refractivity contribution is 0.112. The minimum atomic E-state index is 0.326. The Morgan fingerprint density at radius 2 is 1.94 bits per heavy atom. The van der Waals surface area contributed by atoms with Crippen LogP contribution in [0.4, 0.5) is 5.69 Å². The van der Waals surface area contributed by atoms with Crippen molar-refractivity contribution in [1.82, 2.24) is 0 Å². The molecule has 2 nitrogen and oxygen atoms in total. The van der Waals surface area contributed by atoms with Gasteiger partial charge in [0.25, 0.3) is 0 Å². The molecule has 0 aliphatic heterocycles. The van der Waals surface area contributed by atoms with Gasteiger partial charge in [0, 0.05) is 10.9 Å². The van der Waals surface area contributed by atoms with Crippen LogP contribution in [0.2, 0.25) is 0 Å². The molecule has 2 aromatic rings. The molecule has 1 heterocycles. The summed E-state index contributed by atoms with van der Waals surface area (Å²) < 4.78 is 0. The van der Waals surface area contributed by atoms with E-state index in [1.807, 2.05) is 24.3 Å². The minimum Gasteiger partial charge on any atom is -0.382 e. The zero-order chi connectivity index (χ0) is 12.3. The predicted octanol–water partition coefficient (Wildman–Crippen LogP) is 4.05. The molecule has 2 rings (SSSR count). The summed E-state index contributed by atoms with van der Waals surface area (Å²) in [4.78, 5) is 12.9. The standard InChI is InChI=1S/C14H15NOS/c1-10(2)15-12-8-13(17-14(12)9-16)11-6-4-3-5-7-11/h3-10,15H,1-2H3. The summed E-state index contributed by atoms with van der Waals surface area (Å²) in [6, 6.07) is 12.5. The molecule has 17 heavy (non-hydrogen) atoms. The third-order valence-electron chi connectivity index (χ3n) is 2.37. The van der Waals surface area contributed by atoms with Gasteiger partial charge in [0.1, 0.15) is 0 Å². The molecule has 1 aromatic carbocycles. The molecule has 0 aliphatic rings. The maximum Gasteiger partial charge on any atom is 0.162 e. The molecule has 88 valence electrons. The first-order valence-electron chi connectivity index (χ1n) is 5.61. The molecule has 0 bridgehead atoms. The largest absolute Gasteiger partial charge is 0.382 e. The highest BCUT2D eigenvalue weighted by Gasteiger charge is 2.10. The van der Waals surface area contributed by atoms with Gasteiger partial charge in [0.15, 0.2) is 6.29 Å². The Morgan fingerprint density at radius 3 is 2.53 bits per heavy atom. The summed E-state index contributed by atoms with van der Waals surface area (Å²) in [6.45, 7) is 4.13. The van der Waals surface area contributed by atoms with Crippen molar-refractivity contribution in [2.75, 3.05) is 5.32 Å². The van der Waals surface area contributed by atoms with Crippen LogP contribution in [0.25, 0.3) is 10.4 Å². The van der Waals surface area contributed by atoms with Gasteiger partial charge >= 0.3 is 0 Å². The lowest BCUT2D eigenvalue weighted by Crippen LogP contribution is -2.09. The fourth-order valence-electron chi connectivity index (χ4n) is 1.66. The van der Waals surface area contributed by atoms with Crippen LogP contribution < -0.4 is 5.32 Å². The molecular formula is C14H15NOS. The molecule has 0 fully saturated rings. The lowest BCUT2D eigenvalue weighted by Gasteiger charge is -2.07. The first-order valence-corrected chi connectivity index (χ1v) is 6.43. The molecule has 0 spiro atoms. The molecule has 3 heteroatoms. The Bertz CT molecular complexity index is 502. The Balaban J connectivity index is 2.37.